The smallest absolute Gasteiger partial charge is 0.289 e. The number of rotatable bonds is 6. The van der Waals surface area contributed by atoms with E-state index in [4.69, 9.17) is 16.3 Å². The zero-order valence-corrected chi connectivity index (χ0v) is 13.7. The fraction of sp³-hybridized carbons (Fsp3) is 0.500. The highest BCUT2D eigenvalue weighted by atomic mass is 35.5. The molecule has 0 aliphatic heterocycles. The molecule has 0 amide bonds. The average molecular weight is 337 g/mol. The van der Waals surface area contributed by atoms with Crippen LogP contribution in [0.4, 0.5) is 5.69 Å². The van der Waals surface area contributed by atoms with Crippen molar-refractivity contribution in [3.05, 3.63) is 32.8 Å². The van der Waals surface area contributed by atoms with Crippen molar-refractivity contribution in [2.75, 3.05) is 20.8 Å². The molecular formula is C12H17ClN2O5S. The standard InChI is InChI=1S/C12H17ClN2O5S/c1-8-5-10(13)11(15(16)17)6-12(8)21(18,19)14(3)9(2)7-20-4/h5-6,9H,7H2,1-4H3. The second-order valence-corrected chi connectivity index (χ2v) is 7.02. The predicted molar refractivity (Wildman–Crippen MR) is 79.1 cm³/mol. The third-order valence-corrected chi connectivity index (χ3v) is 5.54. The SMILES string of the molecule is COCC(C)N(C)S(=O)(=O)c1cc([N+](=O)[O-])c(Cl)cc1C. The van der Waals surface area contributed by atoms with Gasteiger partial charge in [-0.1, -0.05) is 11.6 Å². The Balaban J connectivity index is 3.38. The van der Waals surface area contributed by atoms with Gasteiger partial charge in [0.1, 0.15) is 5.02 Å². The number of halogens is 1. The minimum absolute atomic E-state index is 0.0935. The van der Waals surface area contributed by atoms with E-state index in [0.29, 0.717) is 5.56 Å². The monoisotopic (exact) mass is 336 g/mol. The van der Waals surface area contributed by atoms with Crippen LogP contribution >= 0.6 is 11.6 Å². The summed E-state index contributed by atoms with van der Waals surface area (Å²) in [6.45, 7) is 3.43. The van der Waals surface area contributed by atoms with Crippen molar-refractivity contribution in [1.29, 1.82) is 0 Å². The van der Waals surface area contributed by atoms with Crippen molar-refractivity contribution in [2.45, 2.75) is 24.8 Å². The van der Waals surface area contributed by atoms with Gasteiger partial charge in [0.25, 0.3) is 5.69 Å². The molecule has 1 aromatic carbocycles. The number of sulfonamides is 1. The average Bonchev–Trinajstić information content (AvgIpc) is 2.37. The second kappa shape index (κ2) is 6.69. The quantitative estimate of drug-likeness (QED) is 0.587. The number of ether oxygens (including phenoxy) is 1. The van der Waals surface area contributed by atoms with Crippen LogP contribution in [0.25, 0.3) is 0 Å². The maximum atomic E-state index is 12.6. The molecule has 0 heterocycles. The number of hydrogen-bond acceptors (Lipinski definition) is 5. The first-order valence-electron chi connectivity index (χ1n) is 6.04. The van der Waals surface area contributed by atoms with Gasteiger partial charge in [0.05, 0.1) is 16.4 Å². The van der Waals surface area contributed by atoms with Gasteiger partial charge in [0.2, 0.25) is 10.0 Å². The molecule has 0 fully saturated rings. The summed E-state index contributed by atoms with van der Waals surface area (Å²) in [6, 6.07) is 1.86. The number of nitro groups is 1. The lowest BCUT2D eigenvalue weighted by molar-refractivity contribution is -0.384. The Morgan fingerprint density at radius 3 is 2.52 bits per heavy atom. The van der Waals surface area contributed by atoms with E-state index in [-0.39, 0.29) is 16.5 Å². The number of benzene rings is 1. The summed E-state index contributed by atoms with van der Waals surface area (Å²) >= 11 is 5.77. The highest BCUT2D eigenvalue weighted by Crippen LogP contribution is 2.31. The molecule has 1 unspecified atom stereocenters. The molecule has 1 rings (SSSR count). The van der Waals surface area contributed by atoms with Crippen LogP contribution in [0, 0.1) is 17.0 Å². The second-order valence-electron chi connectivity index (χ2n) is 4.65. The van der Waals surface area contributed by atoms with Gasteiger partial charge in [0, 0.05) is 26.3 Å². The van der Waals surface area contributed by atoms with E-state index in [1.54, 1.807) is 6.92 Å². The van der Waals surface area contributed by atoms with E-state index in [9.17, 15) is 18.5 Å². The number of nitrogens with zero attached hydrogens (tertiary/aromatic N) is 2. The molecule has 0 bridgehead atoms. The fourth-order valence-electron chi connectivity index (χ4n) is 1.80. The van der Waals surface area contributed by atoms with E-state index < -0.39 is 26.7 Å². The van der Waals surface area contributed by atoms with Gasteiger partial charge in [-0.05, 0) is 25.5 Å². The van der Waals surface area contributed by atoms with Gasteiger partial charge in [-0.25, -0.2) is 8.42 Å². The van der Waals surface area contributed by atoms with Crippen LogP contribution in [0.2, 0.25) is 5.02 Å². The predicted octanol–water partition coefficient (Wildman–Crippen LogP) is 2.21. The molecule has 0 N–H and O–H groups in total. The van der Waals surface area contributed by atoms with Gasteiger partial charge in [-0.15, -0.1) is 0 Å². The van der Waals surface area contributed by atoms with Gasteiger partial charge in [0.15, 0.2) is 0 Å². The number of nitro benzene ring substituents is 1. The Morgan fingerprint density at radius 1 is 1.48 bits per heavy atom. The first-order valence-corrected chi connectivity index (χ1v) is 7.86. The van der Waals surface area contributed by atoms with Crippen molar-refractivity contribution in [3.8, 4) is 0 Å². The van der Waals surface area contributed by atoms with Crippen molar-refractivity contribution in [3.63, 3.8) is 0 Å². The summed E-state index contributed by atoms with van der Waals surface area (Å²) in [6.07, 6.45) is 0. The Hall–Kier alpha value is -1.22. The number of methoxy groups -OCH3 is 1. The molecule has 21 heavy (non-hydrogen) atoms. The zero-order valence-electron chi connectivity index (χ0n) is 12.2. The molecule has 1 aromatic rings. The third-order valence-electron chi connectivity index (χ3n) is 3.13. The number of likely N-dealkylation sites (N-methyl/N-ethyl adjacent to an activating group) is 1. The maximum absolute atomic E-state index is 12.6. The Morgan fingerprint density at radius 2 is 2.05 bits per heavy atom. The van der Waals surface area contributed by atoms with Crippen molar-refractivity contribution in [2.24, 2.45) is 0 Å². The molecule has 0 aromatic heterocycles. The molecule has 0 saturated carbocycles. The third kappa shape index (κ3) is 3.70. The molecule has 0 saturated heterocycles. The number of hydrogen-bond donors (Lipinski definition) is 0. The summed E-state index contributed by atoms with van der Waals surface area (Å²) < 4.78 is 31.2. The first kappa shape index (κ1) is 17.8. The molecule has 9 heteroatoms. The van der Waals surface area contributed by atoms with Crippen LogP contribution in [0.3, 0.4) is 0 Å². The van der Waals surface area contributed by atoms with Crippen LogP contribution in [-0.2, 0) is 14.8 Å². The normalized spacial score (nSPS) is 13.4. The van der Waals surface area contributed by atoms with Crippen LogP contribution in [-0.4, -0.2) is 44.5 Å². The van der Waals surface area contributed by atoms with E-state index in [0.717, 1.165) is 10.4 Å². The van der Waals surface area contributed by atoms with Gasteiger partial charge >= 0.3 is 0 Å². The van der Waals surface area contributed by atoms with E-state index in [1.807, 2.05) is 0 Å². The topological polar surface area (TPSA) is 89.8 Å². The first-order chi connectivity index (χ1) is 9.62. The highest BCUT2D eigenvalue weighted by Gasteiger charge is 2.29. The van der Waals surface area contributed by atoms with Crippen LogP contribution in [0.5, 0.6) is 0 Å². The molecule has 0 spiro atoms. The van der Waals surface area contributed by atoms with Crippen molar-refractivity contribution >= 4 is 27.3 Å². The minimum Gasteiger partial charge on any atom is -0.383 e. The highest BCUT2D eigenvalue weighted by molar-refractivity contribution is 7.89. The zero-order chi connectivity index (χ0) is 16.4. The van der Waals surface area contributed by atoms with E-state index >= 15 is 0 Å². The molecule has 0 aliphatic carbocycles. The summed E-state index contributed by atoms with van der Waals surface area (Å²) in [4.78, 5) is 10.1. The summed E-state index contributed by atoms with van der Waals surface area (Å²) in [5.41, 5.74) is -0.0873. The lowest BCUT2D eigenvalue weighted by Gasteiger charge is -2.24. The molecular weight excluding hydrogens is 320 g/mol. The molecule has 118 valence electrons. The largest absolute Gasteiger partial charge is 0.383 e. The Kier molecular flexibility index (Phi) is 5.68. The summed E-state index contributed by atoms with van der Waals surface area (Å²) in [5, 5.41) is 10.8. The summed E-state index contributed by atoms with van der Waals surface area (Å²) in [5.74, 6) is 0. The van der Waals surface area contributed by atoms with Gasteiger partial charge in [-0.2, -0.15) is 4.31 Å². The molecule has 7 nitrogen and oxygen atoms in total. The Bertz CT molecular complexity index is 647. The molecule has 0 aliphatic rings. The van der Waals surface area contributed by atoms with Gasteiger partial charge in [-0.3, -0.25) is 10.1 Å². The number of aryl methyl sites for hydroxylation is 1. The lowest BCUT2D eigenvalue weighted by atomic mass is 10.2. The summed E-state index contributed by atoms with van der Waals surface area (Å²) in [7, 11) is -1.00. The maximum Gasteiger partial charge on any atom is 0.289 e. The fourth-order valence-corrected chi connectivity index (χ4v) is 3.66. The van der Waals surface area contributed by atoms with E-state index in [1.165, 1.54) is 27.1 Å². The van der Waals surface area contributed by atoms with Crippen molar-refractivity contribution < 1.29 is 18.1 Å². The van der Waals surface area contributed by atoms with Crippen molar-refractivity contribution in [1.82, 2.24) is 4.31 Å². The molecule has 1 atom stereocenters. The Labute approximate surface area is 128 Å². The van der Waals surface area contributed by atoms with Crippen LogP contribution in [0.15, 0.2) is 17.0 Å². The van der Waals surface area contributed by atoms with Crippen LogP contribution in [0.1, 0.15) is 12.5 Å². The van der Waals surface area contributed by atoms with Gasteiger partial charge < -0.3 is 4.74 Å². The van der Waals surface area contributed by atoms with E-state index in [2.05, 4.69) is 0 Å². The van der Waals surface area contributed by atoms with Crippen LogP contribution < -0.4 is 0 Å². The molecule has 0 radical (unpaired) electrons. The lowest BCUT2D eigenvalue weighted by Crippen LogP contribution is -2.38. The minimum atomic E-state index is -3.87.